The van der Waals surface area contributed by atoms with Crippen LogP contribution < -0.4 is 0 Å². The van der Waals surface area contributed by atoms with Gasteiger partial charge in [0, 0.05) is 18.0 Å². The third kappa shape index (κ3) is 2.22. The van der Waals surface area contributed by atoms with Crippen LogP contribution in [0.3, 0.4) is 0 Å². The quantitative estimate of drug-likeness (QED) is 0.683. The summed E-state index contributed by atoms with van der Waals surface area (Å²) in [6.45, 7) is 4.38. The lowest BCUT2D eigenvalue weighted by Gasteiger charge is -2.02. The number of nitrogens with one attached hydrogen (secondary N) is 1. The van der Waals surface area contributed by atoms with E-state index in [9.17, 15) is 4.79 Å². The Morgan fingerprint density at radius 1 is 1.50 bits per heavy atom. The van der Waals surface area contributed by atoms with Crippen LogP contribution in [0.2, 0.25) is 0 Å². The topological polar surface area (TPSA) is 32.9 Å². The Labute approximate surface area is 73.0 Å². The second kappa shape index (κ2) is 4.10. The first-order valence-corrected chi connectivity index (χ1v) is 4.35. The van der Waals surface area contributed by atoms with Gasteiger partial charge in [-0.1, -0.05) is 13.8 Å². The number of rotatable bonds is 4. The maximum absolute atomic E-state index is 10.5. The second-order valence-electron chi connectivity index (χ2n) is 3.49. The highest BCUT2D eigenvalue weighted by molar-refractivity contribution is 5.76. The van der Waals surface area contributed by atoms with Crippen molar-refractivity contribution >= 4 is 6.29 Å². The van der Waals surface area contributed by atoms with E-state index in [2.05, 4.69) is 18.8 Å². The van der Waals surface area contributed by atoms with Gasteiger partial charge in [-0.3, -0.25) is 4.79 Å². The molecule has 1 N–H and O–H groups in total. The Morgan fingerprint density at radius 2 is 2.25 bits per heavy atom. The number of hydrogen-bond acceptors (Lipinski definition) is 1. The van der Waals surface area contributed by atoms with Gasteiger partial charge in [0.15, 0.2) is 6.29 Å². The maximum atomic E-state index is 10.5. The molecule has 0 unspecified atom stereocenters. The van der Waals surface area contributed by atoms with Crippen LogP contribution >= 0.6 is 0 Å². The summed E-state index contributed by atoms with van der Waals surface area (Å²) >= 11 is 0. The molecule has 0 radical (unpaired) electrons. The van der Waals surface area contributed by atoms with Crippen LogP contribution in [-0.4, -0.2) is 11.3 Å². The maximum Gasteiger partial charge on any atom is 0.151 e. The van der Waals surface area contributed by atoms with E-state index in [4.69, 9.17) is 0 Å². The fourth-order valence-corrected chi connectivity index (χ4v) is 1.18. The van der Waals surface area contributed by atoms with Gasteiger partial charge >= 0.3 is 0 Å². The third-order valence-electron chi connectivity index (χ3n) is 1.99. The zero-order valence-electron chi connectivity index (χ0n) is 7.63. The molecule has 1 rings (SSSR count). The SMILES string of the molecule is CC(C)CCc1c[nH]cc1C=O. The molecule has 0 fully saturated rings. The van der Waals surface area contributed by atoms with Gasteiger partial charge in [-0.15, -0.1) is 0 Å². The van der Waals surface area contributed by atoms with Gasteiger partial charge in [0.2, 0.25) is 0 Å². The molecule has 0 amide bonds. The molecule has 2 heteroatoms. The minimum Gasteiger partial charge on any atom is -0.367 e. The van der Waals surface area contributed by atoms with Gasteiger partial charge in [0.25, 0.3) is 0 Å². The van der Waals surface area contributed by atoms with Crippen molar-refractivity contribution in [3.05, 3.63) is 23.5 Å². The number of H-pyrrole nitrogens is 1. The number of aromatic nitrogens is 1. The van der Waals surface area contributed by atoms with Crippen molar-refractivity contribution in [3.8, 4) is 0 Å². The van der Waals surface area contributed by atoms with E-state index >= 15 is 0 Å². The molecular formula is C10H15NO. The van der Waals surface area contributed by atoms with Gasteiger partial charge in [0.1, 0.15) is 0 Å². The second-order valence-corrected chi connectivity index (χ2v) is 3.49. The van der Waals surface area contributed by atoms with Gasteiger partial charge < -0.3 is 4.98 Å². The summed E-state index contributed by atoms with van der Waals surface area (Å²) in [7, 11) is 0. The highest BCUT2D eigenvalue weighted by Gasteiger charge is 2.02. The average molecular weight is 165 g/mol. The molecule has 66 valence electrons. The summed E-state index contributed by atoms with van der Waals surface area (Å²) in [6, 6.07) is 0. The summed E-state index contributed by atoms with van der Waals surface area (Å²) < 4.78 is 0. The molecule has 0 saturated carbocycles. The molecule has 0 spiro atoms. The molecule has 12 heavy (non-hydrogen) atoms. The molecule has 1 aromatic heterocycles. The lowest BCUT2D eigenvalue weighted by Crippen LogP contribution is -1.93. The highest BCUT2D eigenvalue weighted by Crippen LogP contribution is 2.11. The Bertz CT molecular complexity index is 250. The lowest BCUT2D eigenvalue weighted by molar-refractivity contribution is 0.112. The van der Waals surface area contributed by atoms with Crippen LogP contribution in [0.25, 0.3) is 0 Å². The molecule has 0 bridgehead atoms. The Hall–Kier alpha value is -1.05. The summed E-state index contributed by atoms with van der Waals surface area (Å²) in [5.74, 6) is 0.694. The predicted molar refractivity (Wildman–Crippen MR) is 49.3 cm³/mol. The number of aromatic amines is 1. The van der Waals surface area contributed by atoms with Gasteiger partial charge in [-0.05, 0) is 24.3 Å². The van der Waals surface area contributed by atoms with Crippen LogP contribution in [0, 0.1) is 5.92 Å². The standard InChI is InChI=1S/C10H15NO/c1-8(2)3-4-9-5-11-6-10(9)7-12/h5-8,11H,3-4H2,1-2H3. The fraction of sp³-hybridized carbons (Fsp3) is 0.500. The van der Waals surface area contributed by atoms with Crippen LogP contribution in [0.4, 0.5) is 0 Å². The molecule has 1 heterocycles. The zero-order valence-corrected chi connectivity index (χ0v) is 7.63. The van der Waals surface area contributed by atoms with Crippen molar-refractivity contribution in [2.24, 2.45) is 5.92 Å². The Morgan fingerprint density at radius 3 is 2.83 bits per heavy atom. The first-order valence-electron chi connectivity index (χ1n) is 4.35. The molecule has 0 aliphatic heterocycles. The molecular weight excluding hydrogens is 150 g/mol. The normalized spacial score (nSPS) is 10.6. The summed E-state index contributed by atoms with van der Waals surface area (Å²) in [5, 5.41) is 0. The summed E-state index contributed by atoms with van der Waals surface area (Å²) in [4.78, 5) is 13.5. The number of hydrogen-bond donors (Lipinski definition) is 1. The van der Waals surface area contributed by atoms with E-state index in [1.807, 2.05) is 6.20 Å². The third-order valence-corrected chi connectivity index (χ3v) is 1.99. The van der Waals surface area contributed by atoms with E-state index in [0.29, 0.717) is 5.92 Å². The molecule has 0 aliphatic rings. The molecule has 0 aromatic carbocycles. The fourth-order valence-electron chi connectivity index (χ4n) is 1.18. The minimum atomic E-state index is 0.694. The van der Waals surface area contributed by atoms with Gasteiger partial charge in [-0.25, -0.2) is 0 Å². The van der Waals surface area contributed by atoms with Crippen LogP contribution in [-0.2, 0) is 6.42 Å². The van der Waals surface area contributed by atoms with Gasteiger partial charge in [0.05, 0.1) is 0 Å². The molecule has 2 nitrogen and oxygen atoms in total. The minimum absolute atomic E-state index is 0.694. The van der Waals surface area contributed by atoms with E-state index in [1.165, 1.54) is 0 Å². The predicted octanol–water partition coefficient (Wildman–Crippen LogP) is 2.42. The van der Waals surface area contributed by atoms with Gasteiger partial charge in [-0.2, -0.15) is 0 Å². The average Bonchev–Trinajstić information content (AvgIpc) is 2.47. The summed E-state index contributed by atoms with van der Waals surface area (Å²) in [5.41, 5.74) is 1.94. The first-order chi connectivity index (χ1) is 5.74. The van der Waals surface area contributed by atoms with E-state index < -0.39 is 0 Å². The molecule has 0 saturated heterocycles. The number of aldehydes is 1. The van der Waals surface area contributed by atoms with Crippen LogP contribution in [0.5, 0.6) is 0 Å². The van der Waals surface area contributed by atoms with Crippen LogP contribution in [0.15, 0.2) is 12.4 Å². The smallest absolute Gasteiger partial charge is 0.151 e. The van der Waals surface area contributed by atoms with E-state index in [-0.39, 0.29) is 0 Å². The molecule has 0 aliphatic carbocycles. The van der Waals surface area contributed by atoms with Crippen molar-refractivity contribution in [1.29, 1.82) is 0 Å². The first kappa shape index (κ1) is 9.04. The van der Waals surface area contributed by atoms with Crippen molar-refractivity contribution < 1.29 is 4.79 Å². The van der Waals surface area contributed by atoms with Crippen molar-refractivity contribution in [2.75, 3.05) is 0 Å². The van der Waals surface area contributed by atoms with Crippen molar-refractivity contribution in [2.45, 2.75) is 26.7 Å². The lowest BCUT2D eigenvalue weighted by atomic mass is 10.0. The Balaban J connectivity index is 2.56. The number of carbonyl (C=O) groups is 1. The van der Waals surface area contributed by atoms with Crippen molar-refractivity contribution in [1.82, 2.24) is 4.98 Å². The molecule has 0 atom stereocenters. The summed E-state index contributed by atoms with van der Waals surface area (Å²) in [6.07, 6.45) is 6.70. The van der Waals surface area contributed by atoms with E-state index in [1.54, 1.807) is 6.20 Å². The van der Waals surface area contributed by atoms with E-state index in [0.717, 1.165) is 30.3 Å². The zero-order chi connectivity index (χ0) is 8.97. The Kier molecular flexibility index (Phi) is 3.09. The monoisotopic (exact) mass is 165 g/mol. The number of aryl methyl sites for hydroxylation is 1. The van der Waals surface area contributed by atoms with Crippen LogP contribution in [0.1, 0.15) is 36.2 Å². The molecule has 1 aromatic rings. The largest absolute Gasteiger partial charge is 0.367 e. The number of carbonyl (C=O) groups excluding carboxylic acids is 1. The highest BCUT2D eigenvalue weighted by atomic mass is 16.1. The van der Waals surface area contributed by atoms with Crippen molar-refractivity contribution in [3.63, 3.8) is 0 Å².